The lowest BCUT2D eigenvalue weighted by Crippen LogP contribution is -2.13. The summed E-state index contributed by atoms with van der Waals surface area (Å²) in [5.74, 6) is 0. The van der Waals surface area contributed by atoms with Gasteiger partial charge in [0.2, 0.25) is 0 Å². The quantitative estimate of drug-likeness (QED) is 0.702. The maximum Gasteiger partial charge on any atom is 0.0728 e. The maximum atomic E-state index is 4.08. The first-order chi connectivity index (χ1) is 6.22. The van der Waals surface area contributed by atoms with Crippen LogP contribution in [0.4, 0.5) is 5.69 Å². The minimum Gasteiger partial charge on any atom is -0.380 e. The molecule has 0 spiro atoms. The predicted molar refractivity (Wildman–Crippen MR) is 55.7 cm³/mol. The van der Waals surface area contributed by atoms with E-state index in [0.717, 1.165) is 18.5 Å². The van der Waals surface area contributed by atoms with E-state index in [2.05, 4.69) is 23.9 Å². The third kappa shape index (κ3) is 3.32. The van der Waals surface area contributed by atoms with Crippen molar-refractivity contribution in [3.05, 3.63) is 25.0 Å². The number of nitrogens with zero attached hydrogens (tertiary/aromatic N) is 2. The predicted octanol–water partition coefficient (Wildman–Crippen LogP) is 2.19. The fourth-order valence-corrected chi connectivity index (χ4v) is 1.22. The first-order valence-corrected chi connectivity index (χ1v) is 4.58. The number of anilines is 1. The maximum absolute atomic E-state index is 4.08. The number of hydrogen-bond acceptors (Lipinski definition) is 2. The highest BCUT2D eigenvalue weighted by atomic mass is 15.3. The van der Waals surface area contributed by atoms with E-state index in [1.165, 1.54) is 0 Å². The number of nitrogens with one attached hydrogen (secondary N) is 1. The third-order valence-electron chi connectivity index (χ3n) is 1.92. The smallest absolute Gasteiger partial charge is 0.0728 e. The van der Waals surface area contributed by atoms with Gasteiger partial charge in [0.15, 0.2) is 0 Å². The van der Waals surface area contributed by atoms with Gasteiger partial charge in [-0.05, 0) is 19.8 Å². The Morgan fingerprint density at radius 1 is 1.77 bits per heavy atom. The standard InChI is InChI=1S/C10H17N3/c1-4-5-6-9(2)12-10-7-11-13(3)8-10/h4,7-9,12H,1,5-6H2,2-3H3/t9-/m0/s1. The van der Waals surface area contributed by atoms with Gasteiger partial charge in [0.25, 0.3) is 0 Å². The van der Waals surface area contributed by atoms with Crippen LogP contribution in [0.25, 0.3) is 0 Å². The van der Waals surface area contributed by atoms with Gasteiger partial charge in [-0.2, -0.15) is 5.10 Å². The summed E-state index contributed by atoms with van der Waals surface area (Å²) < 4.78 is 1.79. The average Bonchev–Trinajstić information content (AvgIpc) is 2.48. The SMILES string of the molecule is C=CCC[C@H](C)Nc1cnn(C)c1. The third-order valence-corrected chi connectivity index (χ3v) is 1.92. The molecule has 1 rings (SSSR count). The molecule has 0 unspecified atom stereocenters. The molecule has 0 saturated carbocycles. The molecule has 0 aliphatic heterocycles. The van der Waals surface area contributed by atoms with Crippen LogP contribution in [0.3, 0.4) is 0 Å². The van der Waals surface area contributed by atoms with E-state index < -0.39 is 0 Å². The molecule has 1 aromatic heterocycles. The summed E-state index contributed by atoms with van der Waals surface area (Å²) in [6, 6.07) is 0.474. The Morgan fingerprint density at radius 2 is 2.54 bits per heavy atom. The van der Waals surface area contributed by atoms with Gasteiger partial charge in [-0.15, -0.1) is 6.58 Å². The summed E-state index contributed by atoms with van der Waals surface area (Å²) in [7, 11) is 1.92. The normalized spacial score (nSPS) is 12.5. The minimum absolute atomic E-state index is 0.474. The number of allylic oxidation sites excluding steroid dienone is 1. The Bertz CT molecular complexity index is 265. The van der Waals surface area contributed by atoms with Crippen molar-refractivity contribution < 1.29 is 0 Å². The molecule has 0 bridgehead atoms. The molecule has 0 amide bonds. The molecule has 0 aliphatic carbocycles. The lowest BCUT2D eigenvalue weighted by atomic mass is 10.2. The molecule has 0 aromatic carbocycles. The minimum atomic E-state index is 0.474. The zero-order valence-electron chi connectivity index (χ0n) is 8.33. The largest absolute Gasteiger partial charge is 0.380 e. The zero-order valence-corrected chi connectivity index (χ0v) is 8.33. The summed E-state index contributed by atoms with van der Waals surface area (Å²) in [6.45, 7) is 5.86. The van der Waals surface area contributed by atoms with Crippen molar-refractivity contribution >= 4 is 5.69 Å². The van der Waals surface area contributed by atoms with Gasteiger partial charge >= 0.3 is 0 Å². The van der Waals surface area contributed by atoms with E-state index in [9.17, 15) is 0 Å². The van der Waals surface area contributed by atoms with Crippen LogP contribution in [0.2, 0.25) is 0 Å². The van der Waals surface area contributed by atoms with E-state index in [4.69, 9.17) is 0 Å². The number of aromatic nitrogens is 2. The lowest BCUT2D eigenvalue weighted by molar-refractivity contribution is 0.718. The molecule has 72 valence electrons. The Kier molecular flexibility index (Phi) is 3.55. The summed E-state index contributed by atoms with van der Waals surface area (Å²) in [5.41, 5.74) is 1.08. The van der Waals surface area contributed by atoms with Gasteiger partial charge in [-0.25, -0.2) is 0 Å². The molecule has 0 aliphatic rings. The second-order valence-corrected chi connectivity index (χ2v) is 3.31. The summed E-state index contributed by atoms with van der Waals surface area (Å²) >= 11 is 0. The highest BCUT2D eigenvalue weighted by Gasteiger charge is 2.01. The first-order valence-electron chi connectivity index (χ1n) is 4.58. The summed E-state index contributed by atoms with van der Waals surface area (Å²) in [6.07, 6.45) is 7.92. The van der Waals surface area contributed by atoms with Crippen molar-refractivity contribution in [1.82, 2.24) is 9.78 Å². The van der Waals surface area contributed by atoms with Crippen LogP contribution in [0.1, 0.15) is 19.8 Å². The number of hydrogen-bond donors (Lipinski definition) is 1. The highest BCUT2D eigenvalue weighted by Crippen LogP contribution is 2.08. The Hall–Kier alpha value is -1.25. The van der Waals surface area contributed by atoms with Crippen molar-refractivity contribution in [2.75, 3.05) is 5.32 Å². The molecule has 3 nitrogen and oxygen atoms in total. The second kappa shape index (κ2) is 4.70. The van der Waals surface area contributed by atoms with Crippen LogP contribution in [-0.4, -0.2) is 15.8 Å². The molecule has 0 saturated heterocycles. The van der Waals surface area contributed by atoms with Crippen LogP contribution < -0.4 is 5.32 Å². The fraction of sp³-hybridized carbons (Fsp3) is 0.500. The van der Waals surface area contributed by atoms with E-state index in [1.807, 2.05) is 25.5 Å². The van der Waals surface area contributed by atoms with Crippen LogP contribution in [0.15, 0.2) is 25.0 Å². The van der Waals surface area contributed by atoms with Gasteiger partial charge in [0, 0.05) is 19.3 Å². The molecule has 3 heteroatoms. The molecule has 13 heavy (non-hydrogen) atoms. The topological polar surface area (TPSA) is 29.9 Å². The Morgan fingerprint density at radius 3 is 3.08 bits per heavy atom. The van der Waals surface area contributed by atoms with Gasteiger partial charge in [0.1, 0.15) is 0 Å². The van der Waals surface area contributed by atoms with Crippen LogP contribution >= 0.6 is 0 Å². The Labute approximate surface area is 79.5 Å². The van der Waals surface area contributed by atoms with Crippen molar-refractivity contribution in [3.8, 4) is 0 Å². The van der Waals surface area contributed by atoms with Crippen LogP contribution in [0.5, 0.6) is 0 Å². The lowest BCUT2D eigenvalue weighted by Gasteiger charge is -2.11. The summed E-state index contributed by atoms with van der Waals surface area (Å²) in [5, 5.41) is 7.45. The monoisotopic (exact) mass is 179 g/mol. The van der Waals surface area contributed by atoms with E-state index in [-0.39, 0.29) is 0 Å². The van der Waals surface area contributed by atoms with Crippen molar-refractivity contribution in [2.45, 2.75) is 25.8 Å². The number of aryl methyl sites for hydroxylation is 1. The van der Waals surface area contributed by atoms with Gasteiger partial charge in [-0.3, -0.25) is 4.68 Å². The van der Waals surface area contributed by atoms with Crippen LogP contribution in [-0.2, 0) is 7.05 Å². The van der Waals surface area contributed by atoms with Gasteiger partial charge in [0.05, 0.1) is 11.9 Å². The van der Waals surface area contributed by atoms with Crippen LogP contribution in [0, 0.1) is 0 Å². The van der Waals surface area contributed by atoms with E-state index >= 15 is 0 Å². The molecule has 0 fully saturated rings. The molecule has 0 radical (unpaired) electrons. The first kappa shape index (κ1) is 9.84. The molecular weight excluding hydrogens is 162 g/mol. The average molecular weight is 179 g/mol. The summed E-state index contributed by atoms with van der Waals surface area (Å²) in [4.78, 5) is 0. The van der Waals surface area contributed by atoms with Crippen molar-refractivity contribution in [3.63, 3.8) is 0 Å². The second-order valence-electron chi connectivity index (χ2n) is 3.31. The van der Waals surface area contributed by atoms with Gasteiger partial charge in [-0.1, -0.05) is 6.08 Å². The zero-order chi connectivity index (χ0) is 9.68. The Balaban J connectivity index is 2.35. The van der Waals surface area contributed by atoms with Gasteiger partial charge < -0.3 is 5.32 Å². The molecule has 1 heterocycles. The molecule has 1 atom stereocenters. The fourth-order valence-electron chi connectivity index (χ4n) is 1.22. The van der Waals surface area contributed by atoms with Crippen molar-refractivity contribution in [2.24, 2.45) is 7.05 Å². The van der Waals surface area contributed by atoms with E-state index in [0.29, 0.717) is 6.04 Å². The molecule has 1 N–H and O–H groups in total. The molecule has 1 aromatic rings. The van der Waals surface area contributed by atoms with E-state index in [1.54, 1.807) is 4.68 Å². The molecular formula is C10H17N3. The van der Waals surface area contributed by atoms with Crippen molar-refractivity contribution in [1.29, 1.82) is 0 Å². The highest BCUT2D eigenvalue weighted by molar-refractivity contribution is 5.38. The number of rotatable bonds is 5.